The summed E-state index contributed by atoms with van der Waals surface area (Å²) in [5.41, 5.74) is 3.08. The molecule has 0 aliphatic carbocycles. The fourth-order valence-corrected chi connectivity index (χ4v) is 3.38. The molecule has 2 rings (SSSR count). The Bertz CT molecular complexity index is 1040. The Hall–Kier alpha value is -3.06. The highest BCUT2D eigenvalue weighted by Gasteiger charge is 2.16. The molecule has 0 spiro atoms. The van der Waals surface area contributed by atoms with Crippen LogP contribution >= 0.6 is 22.6 Å². The number of carbonyl (C=O) groups excluding carboxylic acids is 1. The van der Waals surface area contributed by atoms with E-state index < -0.39 is 18.5 Å². The molecule has 7 nitrogen and oxygen atoms in total. The van der Waals surface area contributed by atoms with Crippen molar-refractivity contribution in [2.24, 2.45) is 0 Å². The maximum absolute atomic E-state index is 12.6. The lowest BCUT2D eigenvalue weighted by atomic mass is 10.1. The highest BCUT2D eigenvalue weighted by atomic mass is 127. The minimum absolute atomic E-state index is 0.0756. The van der Waals surface area contributed by atoms with Crippen LogP contribution in [0.1, 0.15) is 23.6 Å². The van der Waals surface area contributed by atoms with Crippen molar-refractivity contribution in [1.82, 2.24) is 0 Å². The second-order valence-corrected chi connectivity index (χ2v) is 7.48. The van der Waals surface area contributed by atoms with E-state index in [1.165, 1.54) is 6.08 Å². The van der Waals surface area contributed by atoms with E-state index in [0.717, 1.165) is 11.1 Å². The number of hydrogen-bond acceptors (Lipinski definition) is 5. The summed E-state index contributed by atoms with van der Waals surface area (Å²) in [5.74, 6) is -0.989. The summed E-state index contributed by atoms with van der Waals surface area (Å²) in [6, 6.07) is 10.8. The molecular formula is C22H21IN2O5. The van der Waals surface area contributed by atoms with E-state index in [1.54, 1.807) is 25.1 Å². The second kappa shape index (κ2) is 10.6. The normalized spacial score (nSPS) is 10.8. The van der Waals surface area contributed by atoms with Gasteiger partial charge in [-0.3, -0.25) is 4.79 Å². The van der Waals surface area contributed by atoms with Crippen molar-refractivity contribution in [2.45, 2.75) is 20.8 Å². The summed E-state index contributed by atoms with van der Waals surface area (Å²) in [6.45, 7) is 5.46. The van der Waals surface area contributed by atoms with Crippen LogP contribution in [0.25, 0.3) is 6.08 Å². The lowest BCUT2D eigenvalue weighted by Gasteiger charge is -2.14. The van der Waals surface area contributed by atoms with Crippen molar-refractivity contribution >= 4 is 46.2 Å². The van der Waals surface area contributed by atoms with E-state index in [9.17, 15) is 14.9 Å². The zero-order valence-corrected chi connectivity index (χ0v) is 18.9. The van der Waals surface area contributed by atoms with E-state index in [1.807, 2.05) is 54.6 Å². The molecule has 2 aromatic carbocycles. The fourth-order valence-electron chi connectivity index (χ4n) is 2.60. The average Bonchev–Trinajstić information content (AvgIpc) is 2.69. The molecule has 0 bridgehead atoms. The molecule has 0 aliphatic rings. The Labute approximate surface area is 188 Å². The molecule has 2 aromatic rings. The first-order chi connectivity index (χ1) is 14.3. The third kappa shape index (κ3) is 5.97. The largest absolute Gasteiger partial charge is 0.490 e. The molecule has 0 aliphatic heterocycles. The van der Waals surface area contributed by atoms with Gasteiger partial charge in [0, 0.05) is 5.69 Å². The van der Waals surface area contributed by atoms with Gasteiger partial charge in [-0.2, -0.15) is 5.26 Å². The van der Waals surface area contributed by atoms with Gasteiger partial charge < -0.3 is 19.9 Å². The van der Waals surface area contributed by atoms with Gasteiger partial charge in [0.2, 0.25) is 0 Å². The standard InChI is InChI=1S/C22H21IN2O5/c1-4-29-19-10-15(9-17(23)21(19)30-12-20(26)27)8-16(11-24)22(28)25-18-7-5-6-13(2)14(18)3/h5-10H,4,12H2,1-3H3,(H,25,28)(H,26,27)/b16-8+. The Balaban J connectivity index is 2.36. The fraction of sp³-hybridized carbons (Fsp3) is 0.227. The number of carboxylic acid groups (broad SMARTS) is 1. The monoisotopic (exact) mass is 520 g/mol. The van der Waals surface area contributed by atoms with Gasteiger partial charge >= 0.3 is 5.97 Å². The molecule has 0 saturated carbocycles. The van der Waals surface area contributed by atoms with E-state index in [2.05, 4.69) is 5.32 Å². The van der Waals surface area contributed by atoms with Crippen LogP contribution in [0, 0.1) is 28.7 Å². The number of nitrogens with zero attached hydrogens (tertiary/aromatic N) is 1. The summed E-state index contributed by atoms with van der Waals surface area (Å²) >= 11 is 1.99. The van der Waals surface area contributed by atoms with Gasteiger partial charge in [-0.05, 0) is 84.3 Å². The van der Waals surface area contributed by atoms with Crippen LogP contribution in [-0.4, -0.2) is 30.2 Å². The van der Waals surface area contributed by atoms with Gasteiger partial charge in [-0.1, -0.05) is 12.1 Å². The van der Waals surface area contributed by atoms with Crippen LogP contribution in [0.2, 0.25) is 0 Å². The number of carbonyl (C=O) groups is 2. The maximum atomic E-state index is 12.6. The minimum Gasteiger partial charge on any atom is -0.490 e. The molecular weight excluding hydrogens is 499 g/mol. The Morgan fingerprint density at radius 3 is 2.63 bits per heavy atom. The second-order valence-electron chi connectivity index (χ2n) is 6.32. The quantitative estimate of drug-likeness (QED) is 0.305. The van der Waals surface area contributed by atoms with Crippen LogP contribution in [-0.2, 0) is 9.59 Å². The highest BCUT2D eigenvalue weighted by molar-refractivity contribution is 14.1. The van der Waals surface area contributed by atoms with E-state index >= 15 is 0 Å². The number of anilines is 1. The van der Waals surface area contributed by atoms with Gasteiger partial charge in [0.25, 0.3) is 5.91 Å². The number of benzene rings is 2. The summed E-state index contributed by atoms with van der Waals surface area (Å²) in [7, 11) is 0. The number of rotatable bonds is 8. The van der Waals surface area contributed by atoms with Crippen LogP contribution in [0.4, 0.5) is 5.69 Å². The lowest BCUT2D eigenvalue weighted by Crippen LogP contribution is -2.14. The summed E-state index contributed by atoms with van der Waals surface area (Å²) in [5, 5.41) is 21.1. The first kappa shape index (κ1) is 23.2. The predicted molar refractivity (Wildman–Crippen MR) is 122 cm³/mol. The molecule has 2 N–H and O–H groups in total. The zero-order chi connectivity index (χ0) is 22.3. The molecule has 0 atom stereocenters. The third-order valence-electron chi connectivity index (χ3n) is 4.20. The van der Waals surface area contributed by atoms with Crippen molar-refractivity contribution < 1.29 is 24.2 Å². The molecule has 0 fully saturated rings. The molecule has 0 radical (unpaired) electrons. The van der Waals surface area contributed by atoms with Crippen LogP contribution < -0.4 is 14.8 Å². The summed E-state index contributed by atoms with van der Waals surface area (Å²) < 4.78 is 11.5. The molecule has 30 heavy (non-hydrogen) atoms. The topological polar surface area (TPSA) is 109 Å². The van der Waals surface area contributed by atoms with Gasteiger partial charge in [-0.15, -0.1) is 0 Å². The first-order valence-corrected chi connectivity index (χ1v) is 10.1. The van der Waals surface area contributed by atoms with Crippen molar-refractivity contribution in [3.8, 4) is 17.6 Å². The highest BCUT2D eigenvalue weighted by Crippen LogP contribution is 2.35. The number of aliphatic carboxylic acids is 1. The number of halogens is 1. The zero-order valence-electron chi connectivity index (χ0n) is 16.8. The molecule has 0 aromatic heterocycles. The van der Waals surface area contributed by atoms with E-state index in [4.69, 9.17) is 14.6 Å². The minimum atomic E-state index is -1.10. The Morgan fingerprint density at radius 1 is 1.27 bits per heavy atom. The van der Waals surface area contributed by atoms with Crippen LogP contribution in [0.5, 0.6) is 11.5 Å². The van der Waals surface area contributed by atoms with Crippen LogP contribution in [0.15, 0.2) is 35.9 Å². The molecule has 0 unspecified atom stereocenters. The van der Waals surface area contributed by atoms with Crippen molar-refractivity contribution in [3.05, 3.63) is 56.2 Å². The first-order valence-electron chi connectivity index (χ1n) is 9.07. The Morgan fingerprint density at radius 2 is 2.00 bits per heavy atom. The van der Waals surface area contributed by atoms with E-state index in [-0.39, 0.29) is 5.57 Å². The number of carboxylic acids is 1. The third-order valence-corrected chi connectivity index (χ3v) is 5.00. The smallest absolute Gasteiger partial charge is 0.341 e. The van der Waals surface area contributed by atoms with Crippen molar-refractivity contribution in [1.29, 1.82) is 5.26 Å². The molecule has 8 heteroatoms. The van der Waals surface area contributed by atoms with Gasteiger partial charge in [0.1, 0.15) is 11.6 Å². The number of nitrogens with one attached hydrogen (secondary N) is 1. The van der Waals surface area contributed by atoms with Crippen molar-refractivity contribution in [3.63, 3.8) is 0 Å². The Kier molecular flexibility index (Phi) is 8.24. The summed E-state index contributed by atoms with van der Waals surface area (Å²) in [6.07, 6.45) is 1.45. The molecule has 1 amide bonds. The number of aryl methyl sites for hydroxylation is 1. The van der Waals surface area contributed by atoms with E-state index in [0.29, 0.717) is 32.9 Å². The number of ether oxygens (including phenoxy) is 2. The average molecular weight is 520 g/mol. The number of amides is 1. The predicted octanol–water partition coefficient (Wildman–Crippen LogP) is 4.32. The molecule has 156 valence electrons. The van der Waals surface area contributed by atoms with Gasteiger partial charge in [0.15, 0.2) is 18.1 Å². The van der Waals surface area contributed by atoms with Gasteiger partial charge in [0.05, 0.1) is 10.2 Å². The van der Waals surface area contributed by atoms with Crippen LogP contribution in [0.3, 0.4) is 0 Å². The number of nitriles is 1. The van der Waals surface area contributed by atoms with Gasteiger partial charge in [-0.25, -0.2) is 4.79 Å². The van der Waals surface area contributed by atoms with Crippen molar-refractivity contribution in [2.75, 3.05) is 18.5 Å². The summed E-state index contributed by atoms with van der Waals surface area (Å²) in [4.78, 5) is 23.4. The maximum Gasteiger partial charge on any atom is 0.341 e. The lowest BCUT2D eigenvalue weighted by molar-refractivity contribution is -0.139. The number of hydrogen-bond donors (Lipinski definition) is 2. The molecule has 0 saturated heterocycles. The SMILES string of the molecule is CCOc1cc(/C=C(\C#N)C(=O)Nc2cccc(C)c2C)cc(I)c1OCC(=O)O. The molecule has 0 heterocycles.